The van der Waals surface area contributed by atoms with Gasteiger partial charge in [-0.05, 0) is 31.0 Å². The van der Waals surface area contributed by atoms with Crippen molar-refractivity contribution in [3.05, 3.63) is 29.0 Å². The lowest BCUT2D eigenvalue weighted by Crippen LogP contribution is -2.27. The highest BCUT2D eigenvalue weighted by Crippen LogP contribution is 2.29. The van der Waals surface area contributed by atoms with Gasteiger partial charge in [0, 0.05) is 6.04 Å². The monoisotopic (exact) mass is 266 g/mol. The first kappa shape index (κ1) is 13.2. The average molecular weight is 267 g/mol. The maximum Gasteiger partial charge on any atom is 0.125 e. The van der Waals surface area contributed by atoms with Gasteiger partial charge >= 0.3 is 0 Å². The van der Waals surface area contributed by atoms with Crippen LogP contribution in [0.3, 0.4) is 0 Å². The molecule has 0 amide bonds. The quantitative estimate of drug-likeness (QED) is 0.807. The molecular formula is C14H16ClFN2. The Morgan fingerprint density at radius 2 is 2.06 bits per heavy atom. The van der Waals surface area contributed by atoms with Gasteiger partial charge in [0.1, 0.15) is 5.82 Å². The highest BCUT2D eigenvalue weighted by atomic mass is 35.5. The van der Waals surface area contributed by atoms with Crippen molar-refractivity contribution in [1.82, 2.24) is 0 Å². The van der Waals surface area contributed by atoms with E-state index in [0.717, 1.165) is 32.1 Å². The van der Waals surface area contributed by atoms with Gasteiger partial charge in [0.25, 0.3) is 0 Å². The fourth-order valence-electron chi connectivity index (χ4n) is 2.44. The number of nitrogens with one attached hydrogen (secondary N) is 1. The first-order valence-electron chi connectivity index (χ1n) is 6.32. The third-order valence-electron chi connectivity index (χ3n) is 3.45. The van der Waals surface area contributed by atoms with E-state index in [2.05, 4.69) is 11.4 Å². The van der Waals surface area contributed by atoms with E-state index in [9.17, 15) is 9.65 Å². The summed E-state index contributed by atoms with van der Waals surface area (Å²) < 4.78 is 13.2. The molecule has 1 N–H and O–H groups in total. The van der Waals surface area contributed by atoms with E-state index in [1.54, 1.807) is 0 Å². The molecule has 2 nitrogen and oxygen atoms in total. The maximum atomic E-state index is 13.2. The lowest BCUT2D eigenvalue weighted by atomic mass is 9.96. The number of nitrogens with zero attached hydrogens (tertiary/aromatic N) is 1. The minimum absolute atomic E-state index is 0.0214. The molecule has 0 radical (unpaired) electrons. The molecule has 1 aromatic carbocycles. The van der Waals surface area contributed by atoms with Crippen LogP contribution in [0.1, 0.15) is 32.1 Å². The van der Waals surface area contributed by atoms with Crippen molar-refractivity contribution < 1.29 is 4.39 Å². The van der Waals surface area contributed by atoms with Crippen molar-refractivity contribution >= 4 is 17.3 Å². The van der Waals surface area contributed by atoms with Gasteiger partial charge in [0.2, 0.25) is 0 Å². The third kappa shape index (κ3) is 3.14. The summed E-state index contributed by atoms with van der Waals surface area (Å²) in [6.45, 7) is 0. The van der Waals surface area contributed by atoms with Gasteiger partial charge in [-0.15, -0.1) is 0 Å². The molecule has 0 bridgehead atoms. The van der Waals surface area contributed by atoms with Gasteiger partial charge in [0.05, 0.1) is 22.7 Å². The Balaban J connectivity index is 2.15. The smallest absolute Gasteiger partial charge is 0.125 e. The molecule has 2 unspecified atom stereocenters. The Morgan fingerprint density at radius 3 is 2.83 bits per heavy atom. The minimum Gasteiger partial charge on any atom is -0.380 e. The van der Waals surface area contributed by atoms with Crippen molar-refractivity contribution in [2.75, 3.05) is 5.32 Å². The van der Waals surface area contributed by atoms with Crippen LogP contribution >= 0.6 is 11.6 Å². The van der Waals surface area contributed by atoms with E-state index in [4.69, 9.17) is 11.6 Å². The molecule has 0 spiro atoms. The molecule has 1 aromatic rings. The molecule has 1 fully saturated rings. The van der Waals surface area contributed by atoms with Crippen LogP contribution in [0.5, 0.6) is 0 Å². The summed E-state index contributed by atoms with van der Waals surface area (Å²) in [5, 5.41) is 12.9. The van der Waals surface area contributed by atoms with E-state index in [-0.39, 0.29) is 17.8 Å². The number of benzene rings is 1. The van der Waals surface area contributed by atoms with Crippen molar-refractivity contribution in [2.24, 2.45) is 5.92 Å². The zero-order valence-corrected chi connectivity index (χ0v) is 10.9. The molecule has 1 saturated carbocycles. The largest absolute Gasteiger partial charge is 0.380 e. The van der Waals surface area contributed by atoms with Crippen molar-refractivity contribution in [1.29, 1.82) is 5.26 Å². The predicted octanol–water partition coefficient (Wildman–Crippen LogP) is 4.36. The van der Waals surface area contributed by atoms with Crippen LogP contribution in [0.15, 0.2) is 18.2 Å². The van der Waals surface area contributed by atoms with Gasteiger partial charge < -0.3 is 5.32 Å². The molecule has 0 aromatic heterocycles. The van der Waals surface area contributed by atoms with Crippen LogP contribution in [0, 0.1) is 23.1 Å². The first-order valence-corrected chi connectivity index (χ1v) is 6.69. The number of nitriles is 1. The SMILES string of the molecule is N#CC1CCCCCC1Nc1cc(F)ccc1Cl. The Bertz CT molecular complexity index is 456. The van der Waals surface area contributed by atoms with E-state index in [1.807, 2.05) is 0 Å². The second-order valence-electron chi connectivity index (χ2n) is 4.75. The van der Waals surface area contributed by atoms with Crippen LogP contribution in [-0.4, -0.2) is 6.04 Å². The normalized spacial score (nSPS) is 24.1. The van der Waals surface area contributed by atoms with E-state index in [0.29, 0.717) is 10.7 Å². The van der Waals surface area contributed by atoms with Crippen LogP contribution < -0.4 is 5.32 Å². The van der Waals surface area contributed by atoms with Gasteiger partial charge in [-0.2, -0.15) is 5.26 Å². The summed E-state index contributed by atoms with van der Waals surface area (Å²) >= 11 is 6.04. The Kier molecular flexibility index (Phi) is 4.43. The fourth-order valence-corrected chi connectivity index (χ4v) is 2.61. The lowest BCUT2D eigenvalue weighted by Gasteiger charge is -2.22. The van der Waals surface area contributed by atoms with Gasteiger partial charge in [-0.25, -0.2) is 4.39 Å². The summed E-state index contributed by atoms with van der Waals surface area (Å²) in [5.74, 6) is -0.337. The summed E-state index contributed by atoms with van der Waals surface area (Å²) in [7, 11) is 0. The van der Waals surface area contributed by atoms with Crippen molar-refractivity contribution in [2.45, 2.75) is 38.1 Å². The second kappa shape index (κ2) is 6.06. The zero-order chi connectivity index (χ0) is 13.0. The number of anilines is 1. The van der Waals surface area contributed by atoms with E-state index in [1.165, 1.54) is 18.2 Å². The number of rotatable bonds is 2. The lowest BCUT2D eigenvalue weighted by molar-refractivity contribution is 0.514. The first-order chi connectivity index (χ1) is 8.70. The molecule has 2 atom stereocenters. The molecule has 0 saturated heterocycles. The maximum absolute atomic E-state index is 13.2. The predicted molar refractivity (Wildman–Crippen MR) is 71.0 cm³/mol. The number of hydrogen-bond acceptors (Lipinski definition) is 2. The Hall–Kier alpha value is -1.27. The van der Waals surface area contributed by atoms with E-state index >= 15 is 0 Å². The topological polar surface area (TPSA) is 35.8 Å². The van der Waals surface area contributed by atoms with Gasteiger partial charge in [-0.3, -0.25) is 0 Å². The summed E-state index contributed by atoms with van der Waals surface area (Å²) in [4.78, 5) is 0. The fraction of sp³-hybridized carbons (Fsp3) is 0.500. The van der Waals surface area contributed by atoms with Crippen LogP contribution in [-0.2, 0) is 0 Å². The Morgan fingerprint density at radius 1 is 1.28 bits per heavy atom. The van der Waals surface area contributed by atoms with E-state index < -0.39 is 0 Å². The highest BCUT2D eigenvalue weighted by Gasteiger charge is 2.23. The molecular weight excluding hydrogens is 251 g/mol. The molecule has 0 heterocycles. The molecule has 4 heteroatoms. The molecule has 0 aliphatic heterocycles. The molecule has 1 aliphatic carbocycles. The van der Waals surface area contributed by atoms with Crippen molar-refractivity contribution in [3.63, 3.8) is 0 Å². The van der Waals surface area contributed by atoms with Gasteiger partial charge in [0.15, 0.2) is 0 Å². The standard InChI is InChI=1S/C14H16ClFN2/c15-12-7-6-11(16)8-14(12)18-13-5-3-1-2-4-10(13)9-17/h6-8,10,13,18H,1-5H2. The molecule has 2 rings (SSSR count). The molecule has 18 heavy (non-hydrogen) atoms. The summed E-state index contributed by atoms with van der Waals surface area (Å²) in [5.41, 5.74) is 0.587. The molecule has 96 valence electrons. The van der Waals surface area contributed by atoms with Gasteiger partial charge in [-0.1, -0.05) is 30.9 Å². The average Bonchev–Trinajstić information content (AvgIpc) is 2.59. The summed E-state index contributed by atoms with van der Waals surface area (Å²) in [6, 6.07) is 6.68. The third-order valence-corrected chi connectivity index (χ3v) is 3.78. The second-order valence-corrected chi connectivity index (χ2v) is 5.16. The van der Waals surface area contributed by atoms with Crippen molar-refractivity contribution in [3.8, 4) is 6.07 Å². The number of halogens is 2. The Labute approximate surface area is 112 Å². The molecule has 1 aliphatic rings. The number of hydrogen-bond donors (Lipinski definition) is 1. The van der Waals surface area contributed by atoms with Crippen LogP contribution in [0.25, 0.3) is 0 Å². The zero-order valence-electron chi connectivity index (χ0n) is 10.1. The van der Waals surface area contributed by atoms with Crippen LogP contribution in [0.4, 0.5) is 10.1 Å². The minimum atomic E-state index is -0.316. The highest BCUT2D eigenvalue weighted by molar-refractivity contribution is 6.33. The summed E-state index contributed by atoms with van der Waals surface area (Å²) in [6.07, 6.45) is 5.19. The van der Waals surface area contributed by atoms with Crippen LogP contribution in [0.2, 0.25) is 5.02 Å².